The van der Waals surface area contributed by atoms with E-state index in [2.05, 4.69) is 345 Å². The van der Waals surface area contributed by atoms with Crippen LogP contribution in [0.3, 0.4) is 0 Å². The topological polar surface area (TPSA) is 131 Å². The number of aryl methyl sites for hydroxylation is 8. The molecule has 0 aliphatic heterocycles. The smallest absolute Gasteiger partial charge is 0.418 e. The van der Waals surface area contributed by atoms with Gasteiger partial charge < -0.3 is 65.1 Å². The van der Waals surface area contributed by atoms with Gasteiger partial charge in [-0.25, -0.2) is 19.9 Å². The van der Waals surface area contributed by atoms with Crippen LogP contribution in [-0.2, 0) is 68.3 Å². The van der Waals surface area contributed by atoms with E-state index in [1.54, 1.807) is 0 Å². The molecule has 656 valence electrons. The zero-order chi connectivity index (χ0) is 86.1. The molecule has 16 aromatic rings. The molecule has 0 amide bonds. The van der Waals surface area contributed by atoms with Crippen LogP contribution in [0.25, 0.3) is 54.8 Å². The second-order valence-corrected chi connectivity index (χ2v) is 40.0. The standard InChI is InChI=1S/2C25H22P2.2C20H18N5.2CH2Cl2.2BF4.4Cu/c2*1-5-13-22(14-6-1)26(23-15-7-2-8-16-23)21-27(24-17-9-3-10-18-24)25-19-11-4-12-20-25;2*1-11-9-13(3)21-19-15(11)5-7-17(24-19)23-18-8-6-16-12(2)10-14(4)22-20(16)25-18;2*2-1-3;2*2-1(3,4)5;;;;/h2*1-20H,21H2;2*5-10H,1-4H3;2*1H2;;;;;;/q;;2*-1;;;2*-1;4*+1/p+4. The van der Waals surface area contributed by atoms with Crippen LogP contribution in [-0.4, -0.2) is 76.9 Å². The summed E-state index contributed by atoms with van der Waals surface area (Å²) in [6, 6.07) is 113. The summed E-state index contributed by atoms with van der Waals surface area (Å²) < 4.78 is 78.0. The Kier molecular flexibility index (Phi) is 46.7. The summed E-state index contributed by atoms with van der Waals surface area (Å²) >= 11 is 19.1. The molecule has 0 unspecified atom stereocenters. The first-order chi connectivity index (χ1) is 57.6. The number of halogens is 12. The van der Waals surface area contributed by atoms with Gasteiger partial charge in [-0.15, -0.1) is 46.4 Å². The van der Waals surface area contributed by atoms with E-state index in [4.69, 9.17) is 46.4 Å². The van der Waals surface area contributed by atoms with Crippen molar-refractivity contribution >= 4 is 202 Å². The minimum absolute atomic E-state index is 0. The Morgan fingerprint density at radius 1 is 0.234 bits per heavy atom. The Morgan fingerprint density at radius 3 is 0.508 bits per heavy atom. The Balaban J connectivity index is 0.000000274. The second-order valence-electron chi connectivity index (χ2n) is 27.1. The first-order valence-corrected chi connectivity index (χ1v) is 46.9. The fourth-order valence-corrected chi connectivity index (χ4v) is 28.6. The summed E-state index contributed by atoms with van der Waals surface area (Å²) in [6.07, 6.45) is 0. The molecule has 0 aliphatic carbocycles. The van der Waals surface area contributed by atoms with E-state index in [-0.39, 0.29) is 79.0 Å². The minimum atomic E-state index is -6.00. The molecule has 0 N–H and O–H groups in total. The van der Waals surface area contributed by atoms with Crippen LogP contribution in [0, 0.1) is 55.4 Å². The Hall–Kier alpha value is -7.87. The molecule has 10 nitrogen and oxygen atoms in total. The summed E-state index contributed by atoms with van der Waals surface area (Å²) in [5.41, 5.74) is 11.3. The Bertz CT molecular complexity index is 5000. The van der Waals surface area contributed by atoms with Gasteiger partial charge in [-0.1, -0.05) is 170 Å². The van der Waals surface area contributed by atoms with E-state index in [1.165, 1.54) is 76.5 Å². The van der Waals surface area contributed by atoms with E-state index < -0.39 is 46.2 Å². The first kappa shape index (κ1) is 107. The number of benzene rings is 8. The minimum Gasteiger partial charge on any atom is -0.418 e. The van der Waals surface area contributed by atoms with Crippen molar-refractivity contribution in [3.05, 3.63) is 371 Å². The van der Waals surface area contributed by atoms with E-state index in [0.29, 0.717) is 45.9 Å². The number of rotatable bonds is 16. The molecule has 8 heterocycles. The van der Waals surface area contributed by atoms with Crippen LogP contribution in [0.1, 0.15) is 45.0 Å². The molecule has 0 radical (unpaired) electrons. The number of fused-ring (bicyclic) bond motifs is 4. The molecule has 8 aromatic heterocycles. The number of pyridine rings is 8. The number of hydrogen-bond acceptors (Lipinski definition) is 8. The van der Waals surface area contributed by atoms with E-state index >= 15 is 0 Å². The summed E-state index contributed by atoms with van der Waals surface area (Å²) in [6.45, 7) is 16.2. The second kappa shape index (κ2) is 54.3. The van der Waals surface area contributed by atoms with Crippen LogP contribution in [0.5, 0.6) is 0 Å². The monoisotopic (exact) mass is 2020 g/mol. The zero-order valence-corrected chi connectivity index (χ0v) is 79.0. The molecule has 0 bridgehead atoms. The summed E-state index contributed by atoms with van der Waals surface area (Å²) in [5.74, 6) is 4.89. The van der Waals surface area contributed by atoms with Gasteiger partial charge in [-0.3, -0.25) is 0 Å². The predicted octanol–water partition coefficient (Wildman–Crippen LogP) is 25.1. The molecule has 0 atom stereocenters. The number of nitrogens with zero attached hydrogens (tertiary/aromatic N) is 10. The molecule has 16 rings (SSSR count). The van der Waals surface area contributed by atoms with Crippen molar-refractivity contribution in [1.82, 2.24) is 39.9 Å². The Morgan fingerprint density at radius 2 is 0.371 bits per heavy atom. The summed E-state index contributed by atoms with van der Waals surface area (Å²) in [4.78, 5) is 36.3. The van der Waals surface area contributed by atoms with Crippen LogP contribution >= 0.6 is 78.1 Å². The van der Waals surface area contributed by atoms with Crippen molar-refractivity contribution in [3.8, 4) is 0 Å². The molecular weight excluding hydrogens is 1940 g/mol. The van der Waals surface area contributed by atoms with Crippen LogP contribution in [0.15, 0.2) is 315 Å². The average molecular weight is 2030 g/mol. The van der Waals surface area contributed by atoms with Gasteiger partial charge in [0.15, 0.2) is 11.8 Å². The number of alkyl halides is 4. The van der Waals surface area contributed by atoms with E-state index in [0.717, 1.165) is 44.3 Å². The summed E-state index contributed by atoms with van der Waals surface area (Å²) in [5, 5.41) is 25.7. The van der Waals surface area contributed by atoms with Crippen molar-refractivity contribution in [2.24, 2.45) is 0 Å². The molecule has 32 heteroatoms. The molecule has 0 saturated carbocycles. The molecule has 124 heavy (non-hydrogen) atoms. The van der Waals surface area contributed by atoms with Gasteiger partial charge in [0.25, 0.3) is 0 Å². The van der Waals surface area contributed by atoms with Crippen LogP contribution < -0.4 is 42.4 Å². The van der Waals surface area contributed by atoms with Crippen LogP contribution in [0.4, 0.5) is 57.8 Å². The zero-order valence-electron chi connectivity index (χ0n) is 68.2. The third-order valence-electron chi connectivity index (χ3n) is 18.1. The van der Waals surface area contributed by atoms with Gasteiger partial charge in [-0.05, 0) is 223 Å². The molecule has 0 saturated heterocycles. The molecular formula is C92H88B2Cl4Cu4F8N10P4+4. The van der Waals surface area contributed by atoms with Crippen LogP contribution in [0.2, 0.25) is 0 Å². The predicted molar refractivity (Wildman–Crippen MR) is 507 cm³/mol. The Labute approximate surface area is 787 Å². The van der Waals surface area contributed by atoms with Gasteiger partial charge in [-0.2, -0.15) is 0 Å². The maximum Gasteiger partial charge on any atom is 1.00 e. The fourth-order valence-electron chi connectivity index (χ4n) is 13.1. The first-order valence-electron chi connectivity index (χ1n) is 37.9. The maximum absolute atomic E-state index is 9.75. The van der Waals surface area contributed by atoms with Crippen molar-refractivity contribution in [1.29, 1.82) is 0 Å². The van der Waals surface area contributed by atoms with Gasteiger partial charge in [0, 0.05) is 67.6 Å². The summed E-state index contributed by atoms with van der Waals surface area (Å²) in [7, 11) is -15.4. The van der Waals surface area contributed by atoms with Gasteiger partial charge in [0.1, 0.15) is 74.1 Å². The SMILES string of the molecule is Cc1cc(C)c2ccc([N-]c3ccc4c(C)cc(C)nc4n3)nc2n1.Cc1cc(C)c2ccc([N-]c3ccc4c(C)cc(C)nc4n3)nc2n1.ClCCl.ClCCl.F[B-](F)(F)F.F[B-](F)(F)F.[Cu+].[Cu+].[Cu+].[Cu+].c1ccc([PH+](C[PH+](c2ccccc2)c2ccccc2)c2ccccc2)cc1.c1ccc([PH+](C[PH+](c2ccccc2)c2ccccc2)c2ccccc2)cc1. The molecule has 0 fully saturated rings. The van der Waals surface area contributed by atoms with Gasteiger partial charge >= 0.3 is 82.8 Å². The molecule has 0 aliphatic rings. The van der Waals surface area contributed by atoms with E-state index in [1.807, 2.05) is 76.2 Å². The normalized spacial score (nSPS) is 10.6. The van der Waals surface area contributed by atoms with Gasteiger partial charge in [0.2, 0.25) is 0 Å². The quantitative estimate of drug-likeness (QED) is 0.0404. The fraction of sp³-hybridized carbons (Fsp3) is 0.130. The largest absolute Gasteiger partial charge is 1.00 e. The van der Waals surface area contributed by atoms with Crippen molar-refractivity contribution in [3.63, 3.8) is 0 Å². The molecule has 8 aromatic carbocycles. The average Bonchev–Trinajstić information content (AvgIpc) is 0.805. The molecule has 0 spiro atoms. The van der Waals surface area contributed by atoms with Crippen molar-refractivity contribution in [2.75, 3.05) is 22.5 Å². The van der Waals surface area contributed by atoms with Crippen molar-refractivity contribution in [2.45, 2.75) is 55.4 Å². The van der Waals surface area contributed by atoms with Gasteiger partial charge in [0.05, 0.1) is 33.3 Å². The van der Waals surface area contributed by atoms with E-state index in [9.17, 15) is 34.5 Å². The third kappa shape index (κ3) is 35.1. The third-order valence-corrected chi connectivity index (χ3v) is 32.0. The van der Waals surface area contributed by atoms with Crippen molar-refractivity contribution < 1.29 is 103 Å². The number of aromatic nitrogens is 8. The number of hydrogen-bond donors (Lipinski definition) is 0. The maximum atomic E-state index is 9.75.